The summed E-state index contributed by atoms with van der Waals surface area (Å²) in [6.45, 7) is 3.16. The molecule has 0 heterocycles. The Morgan fingerprint density at radius 3 is 1.69 bits per heavy atom. The Bertz CT molecular complexity index is 716. The van der Waals surface area contributed by atoms with E-state index in [1.807, 2.05) is 0 Å². The van der Waals surface area contributed by atoms with Crippen LogP contribution in [0.5, 0.6) is 0 Å². The van der Waals surface area contributed by atoms with E-state index in [0.717, 1.165) is 0 Å². The molecule has 0 amide bonds. The normalized spacial score (nSPS) is 11.8. The lowest BCUT2D eigenvalue weighted by molar-refractivity contribution is -0.276. The van der Waals surface area contributed by atoms with E-state index in [-0.39, 0.29) is 12.8 Å². The minimum atomic E-state index is -2.27. The monoisotopic (exact) mass is 465 g/mol. The van der Waals surface area contributed by atoms with Crippen molar-refractivity contribution in [2.24, 2.45) is 5.73 Å². The third-order valence-electron chi connectivity index (χ3n) is 2.93. The predicted molar refractivity (Wildman–Crippen MR) is 94.8 cm³/mol. The molecule has 0 aromatic heterocycles. The third kappa shape index (κ3) is 12.7. The Morgan fingerprint density at radius 1 is 0.656 bits per heavy atom. The molecule has 15 heteroatoms. The number of hydrogen-bond donors (Lipinski definition) is 1. The van der Waals surface area contributed by atoms with E-state index in [0.29, 0.717) is 0 Å². The predicted octanol–water partition coefficient (Wildman–Crippen LogP) is -1.11. The van der Waals surface area contributed by atoms with Crippen LogP contribution in [-0.4, -0.2) is 60.7 Å². The van der Waals surface area contributed by atoms with E-state index in [9.17, 15) is 33.6 Å². The molecule has 0 aliphatic heterocycles. The van der Waals surface area contributed by atoms with Crippen molar-refractivity contribution in [3.8, 4) is 0 Å². The minimum Gasteiger partial charge on any atom is -0.453 e. The van der Waals surface area contributed by atoms with Crippen LogP contribution < -0.4 is 5.73 Å². The highest BCUT2D eigenvalue weighted by Crippen LogP contribution is 2.06. The molecule has 0 aromatic rings. The molecule has 0 radical (unpaired) electrons. The SMILES string of the molecule is CCC(=O)OOC(=O)COC(=O)CCC(=O)OC(OC(=O)C(C)N)C(=O)OOC(=O)CC. The first-order chi connectivity index (χ1) is 15.0. The van der Waals surface area contributed by atoms with Gasteiger partial charge in [-0.15, -0.1) is 0 Å². The van der Waals surface area contributed by atoms with Gasteiger partial charge in [-0.1, -0.05) is 13.8 Å². The molecule has 0 aromatic carbocycles. The lowest BCUT2D eigenvalue weighted by Crippen LogP contribution is -2.39. The lowest BCUT2D eigenvalue weighted by atomic mass is 10.3. The van der Waals surface area contributed by atoms with Crippen molar-refractivity contribution in [1.82, 2.24) is 0 Å². The van der Waals surface area contributed by atoms with Gasteiger partial charge in [0.15, 0.2) is 6.61 Å². The summed E-state index contributed by atoms with van der Waals surface area (Å²) in [4.78, 5) is 96.1. The van der Waals surface area contributed by atoms with Crippen molar-refractivity contribution < 1.29 is 67.3 Å². The van der Waals surface area contributed by atoms with Crippen molar-refractivity contribution in [3.63, 3.8) is 0 Å². The van der Waals surface area contributed by atoms with Crippen molar-refractivity contribution in [1.29, 1.82) is 0 Å². The van der Waals surface area contributed by atoms with Crippen LogP contribution in [0, 0.1) is 0 Å². The number of esters is 3. The second kappa shape index (κ2) is 15.1. The molecule has 0 saturated carbocycles. The molecule has 0 rings (SSSR count). The Morgan fingerprint density at radius 2 is 1.16 bits per heavy atom. The highest BCUT2D eigenvalue weighted by Gasteiger charge is 2.32. The zero-order chi connectivity index (χ0) is 24.7. The largest absolute Gasteiger partial charge is 0.453 e. The molecule has 0 aliphatic rings. The summed E-state index contributed by atoms with van der Waals surface area (Å²) in [6, 6.07) is -1.20. The van der Waals surface area contributed by atoms with Crippen LogP contribution in [-0.2, 0) is 67.3 Å². The van der Waals surface area contributed by atoms with Gasteiger partial charge in [0.25, 0.3) is 0 Å². The summed E-state index contributed by atoms with van der Waals surface area (Å²) in [5.41, 5.74) is 5.28. The van der Waals surface area contributed by atoms with Crippen LogP contribution in [0.1, 0.15) is 46.5 Å². The maximum Gasteiger partial charge on any atom is 0.436 e. The fraction of sp³-hybridized carbons (Fsp3) is 0.588. The molecule has 32 heavy (non-hydrogen) atoms. The Kier molecular flexibility index (Phi) is 13.3. The molecular formula is C17H23NO14. The zero-order valence-electron chi connectivity index (χ0n) is 17.5. The number of carbonyl (C=O) groups is 7. The molecule has 2 unspecified atom stereocenters. The zero-order valence-corrected chi connectivity index (χ0v) is 17.5. The molecule has 0 bridgehead atoms. The fourth-order valence-corrected chi connectivity index (χ4v) is 1.29. The molecule has 2 atom stereocenters. The molecule has 2 N–H and O–H groups in total. The van der Waals surface area contributed by atoms with E-state index in [1.54, 1.807) is 0 Å². The Labute approximate surface area is 181 Å². The fourth-order valence-electron chi connectivity index (χ4n) is 1.29. The quantitative estimate of drug-likeness (QED) is 0.166. The van der Waals surface area contributed by atoms with Gasteiger partial charge in [0.1, 0.15) is 6.04 Å². The van der Waals surface area contributed by atoms with E-state index >= 15 is 0 Å². The maximum atomic E-state index is 11.8. The topological polar surface area (TPSA) is 210 Å². The van der Waals surface area contributed by atoms with Crippen LogP contribution in [0.25, 0.3) is 0 Å². The first kappa shape index (κ1) is 28.2. The maximum absolute atomic E-state index is 11.8. The molecule has 15 nitrogen and oxygen atoms in total. The summed E-state index contributed by atoms with van der Waals surface area (Å²) in [6.07, 6.45) is -3.76. The Balaban J connectivity index is 4.60. The summed E-state index contributed by atoms with van der Waals surface area (Å²) in [5, 5.41) is 0. The van der Waals surface area contributed by atoms with Crippen LogP contribution in [0.4, 0.5) is 0 Å². The molecule has 0 saturated heterocycles. The second-order valence-corrected chi connectivity index (χ2v) is 5.68. The molecule has 0 spiro atoms. The van der Waals surface area contributed by atoms with Gasteiger partial charge in [0.05, 0.1) is 12.8 Å². The van der Waals surface area contributed by atoms with Crippen molar-refractivity contribution >= 4 is 41.8 Å². The van der Waals surface area contributed by atoms with Crippen molar-refractivity contribution in [2.45, 2.75) is 58.8 Å². The van der Waals surface area contributed by atoms with Gasteiger partial charge in [-0.3, -0.25) is 14.4 Å². The van der Waals surface area contributed by atoms with Gasteiger partial charge in [-0.25, -0.2) is 38.7 Å². The number of hydrogen-bond acceptors (Lipinski definition) is 15. The van der Waals surface area contributed by atoms with E-state index in [2.05, 4.69) is 33.8 Å². The Hall–Kier alpha value is -3.75. The molecule has 0 fully saturated rings. The average Bonchev–Trinajstić information content (AvgIpc) is 2.76. The first-order valence-corrected chi connectivity index (χ1v) is 9.12. The molecular weight excluding hydrogens is 442 g/mol. The molecule has 180 valence electrons. The summed E-state index contributed by atoms with van der Waals surface area (Å²) in [5.74, 6) is -7.92. The second-order valence-electron chi connectivity index (χ2n) is 5.68. The molecule has 0 aliphatic carbocycles. The number of rotatable bonds is 11. The highest BCUT2D eigenvalue weighted by molar-refractivity contribution is 5.84. The van der Waals surface area contributed by atoms with Crippen LogP contribution in [0.3, 0.4) is 0 Å². The van der Waals surface area contributed by atoms with Gasteiger partial charge >= 0.3 is 48.1 Å². The number of ether oxygens (including phenoxy) is 3. The number of nitrogens with two attached hydrogens (primary N) is 1. The average molecular weight is 465 g/mol. The first-order valence-electron chi connectivity index (χ1n) is 9.12. The van der Waals surface area contributed by atoms with Gasteiger partial charge in [-0.05, 0) is 6.92 Å². The summed E-state index contributed by atoms with van der Waals surface area (Å²) < 4.78 is 13.6. The van der Waals surface area contributed by atoms with Gasteiger partial charge in [-0.2, -0.15) is 0 Å². The number of carbonyl (C=O) groups excluding carboxylic acids is 7. The lowest BCUT2D eigenvalue weighted by Gasteiger charge is -2.17. The van der Waals surface area contributed by atoms with Crippen LogP contribution >= 0.6 is 0 Å². The van der Waals surface area contributed by atoms with Crippen molar-refractivity contribution in [3.05, 3.63) is 0 Å². The van der Waals surface area contributed by atoms with E-state index in [1.165, 1.54) is 20.8 Å². The van der Waals surface area contributed by atoms with Gasteiger partial charge < -0.3 is 19.9 Å². The van der Waals surface area contributed by atoms with E-state index in [4.69, 9.17) is 5.73 Å². The third-order valence-corrected chi connectivity index (χ3v) is 2.93. The highest BCUT2D eigenvalue weighted by atomic mass is 17.2. The summed E-state index contributed by atoms with van der Waals surface area (Å²) in [7, 11) is 0. The van der Waals surface area contributed by atoms with Gasteiger partial charge in [0.2, 0.25) is 0 Å². The van der Waals surface area contributed by atoms with Crippen LogP contribution in [0.15, 0.2) is 0 Å². The van der Waals surface area contributed by atoms with Crippen LogP contribution in [0.2, 0.25) is 0 Å². The summed E-state index contributed by atoms with van der Waals surface area (Å²) >= 11 is 0. The smallest absolute Gasteiger partial charge is 0.436 e. The minimum absolute atomic E-state index is 0.0513. The van der Waals surface area contributed by atoms with Gasteiger partial charge in [0, 0.05) is 12.8 Å². The van der Waals surface area contributed by atoms with E-state index < -0.39 is 73.6 Å². The standard InChI is InChI=1S/C17H23NO14/c1-4-10(19)29-31-14(23)8-26-12(21)6-7-13(22)27-17(28-15(24)9(3)18)16(25)32-30-11(20)5-2/h9,17H,4-8,18H2,1-3H3. The van der Waals surface area contributed by atoms with Crippen molar-refractivity contribution in [2.75, 3.05) is 6.61 Å².